The Bertz CT molecular complexity index is 670. The Labute approximate surface area is 124 Å². The molecule has 0 spiro atoms. The van der Waals surface area contributed by atoms with Gasteiger partial charge in [-0.05, 0) is 50.6 Å². The average Bonchev–Trinajstić information content (AvgIpc) is 3.02. The summed E-state index contributed by atoms with van der Waals surface area (Å²) in [6.45, 7) is 3.72. The number of nitrogens with zero attached hydrogens (tertiary/aromatic N) is 2. The van der Waals surface area contributed by atoms with E-state index in [4.69, 9.17) is 5.73 Å². The number of rotatable bonds is 3. The van der Waals surface area contributed by atoms with Crippen molar-refractivity contribution in [1.82, 2.24) is 14.5 Å². The molecule has 0 saturated carbocycles. The van der Waals surface area contributed by atoms with Crippen LogP contribution < -0.4 is 11.4 Å². The zero-order valence-electron chi connectivity index (χ0n) is 12.5. The monoisotopic (exact) mass is 286 g/mol. The van der Waals surface area contributed by atoms with E-state index in [-0.39, 0.29) is 5.69 Å². The van der Waals surface area contributed by atoms with Gasteiger partial charge in [-0.25, -0.2) is 4.79 Å². The lowest BCUT2D eigenvalue weighted by Crippen LogP contribution is -2.20. The molecule has 1 aliphatic heterocycles. The quantitative estimate of drug-likeness (QED) is 0.897. The third-order valence-corrected chi connectivity index (χ3v) is 4.46. The van der Waals surface area contributed by atoms with Crippen LogP contribution in [0.4, 0.5) is 0 Å². The second-order valence-electron chi connectivity index (χ2n) is 5.95. The normalized spacial score (nSPS) is 22.8. The van der Waals surface area contributed by atoms with E-state index in [2.05, 4.69) is 29.1 Å². The molecule has 2 heterocycles. The fraction of sp³-hybridized carbons (Fsp3) is 0.438. The van der Waals surface area contributed by atoms with E-state index in [0.29, 0.717) is 12.0 Å². The lowest BCUT2D eigenvalue weighted by atomic mass is 10.00. The lowest BCUT2D eigenvalue weighted by molar-refractivity contribution is 0.313. The van der Waals surface area contributed by atoms with E-state index < -0.39 is 0 Å². The van der Waals surface area contributed by atoms with E-state index in [1.807, 2.05) is 19.1 Å². The second-order valence-corrected chi connectivity index (χ2v) is 5.95. The standard InChI is InChI=1S/C16H22N4O/c1-11-9-18-16(21)20(11)14-5-3-13(4-6-14)15-7-12(8-17)10-19(15)2/h3-6,9,12,15H,7-8,10,17H2,1-2H3,(H,18,21). The minimum Gasteiger partial charge on any atom is -0.330 e. The predicted octanol–water partition coefficient (Wildman–Crippen LogP) is 1.43. The van der Waals surface area contributed by atoms with Gasteiger partial charge in [-0.1, -0.05) is 12.1 Å². The van der Waals surface area contributed by atoms with Crippen molar-refractivity contribution < 1.29 is 0 Å². The number of hydrogen-bond donors (Lipinski definition) is 2. The van der Waals surface area contributed by atoms with Gasteiger partial charge in [0.25, 0.3) is 0 Å². The number of benzene rings is 1. The number of aryl methyl sites for hydroxylation is 1. The van der Waals surface area contributed by atoms with Crippen LogP contribution >= 0.6 is 0 Å². The molecule has 0 amide bonds. The largest absolute Gasteiger partial charge is 0.330 e. The van der Waals surface area contributed by atoms with Gasteiger partial charge in [0.15, 0.2) is 0 Å². The fourth-order valence-electron chi connectivity index (χ4n) is 3.29. The van der Waals surface area contributed by atoms with E-state index in [0.717, 1.165) is 30.9 Å². The zero-order chi connectivity index (χ0) is 15.0. The molecule has 5 heteroatoms. The van der Waals surface area contributed by atoms with Gasteiger partial charge in [0.05, 0.1) is 5.69 Å². The summed E-state index contributed by atoms with van der Waals surface area (Å²) in [7, 11) is 2.15. The molecule has 0 aliphatic carbocycles. The number of H-pyrrole nitrogens is 1. The van der Waals surface area contributed by atoms with Gasteiger partial charge in [0.1, 0.15) is 0 Å². The molecule has 1 aromatic heterocycles. The Kier molecular flexibility index (Phi) is 3.69. The van der Waals surface area contributed by atoms with Crippen LogP contribution in [0, 0.1) is 12.8 Å². The Hall–Kier alpha value is -1.85. The Morgan fingerprint density at radius 3 is 2.57 bits per heavy atom. The third-order valence-electron chi connectivity index (χ3n) is 4.46. The maximum atomic E-state index is 11.8. The Morgan fingerprint density at radius 1 is 1.33 bits per heavy atom. The molecular formula is C16H22N4O. The first-order valence-electron chi connectivity index (χ1n) is 7.38. The van der Waals surface area contributed by atoms with E-state index in [1.54, 1.807) is 10.8 Å². The van der Waals surface area contributed by atoms with Gasteiger partial charge in [0, 0.05) is 24.5 Å². The highest BCUT2D eigenvalue weighted by atomic mass is 16.1. The zero-order valence-corrected chi connectivity index (χ0v) is 12.5. The molecule has 2 atom stereocenters. The molecule has 0 bridgehead atoms. The van der Waals surface area contributed by atoms with Crippen LogP contribution in [0.25, 0.3) is 5.69 Å². The van der Waals surface area contributed by atoms with Gasteiger partial charge >= 0.3 is 5.69 Å². The molecule has 0 radical (unpaired) electrons. The molecular weight excluding hydrogens is 264 g/mol. The topological polar surface area (TPSA) is 67.0 Å². The summed E-state index contributed by atoms with van der Waals surface area (Å²) in [5.41, 5.74) is 8.80. The lowest BCUT2D eigenvalue weighted by Gasteiger charge is -2.20. The minimum absolute atomic E-state index is 0.0959. The summed E-state index contributed by atoms with van der Waals surface area (Å²) < 4.78 is 1.69. The fourth-order valence-corrected chi connectivity index (χ4v) is 3.29. The molecule has 21 heavy (non-hydrogen) atoms. The van der Waals surface area contributed by atoms with Crippen molar-refractivity contribution in [3.05, 3.63) is 52.2 Å². The van der Waals surface area contributed by atoms with Gasteiger partial charge in [-0.15, -0.1) is 0 Å². The SMILES string of the molecule is Cc1c[nH]c(=O)n1-c1ccc(C2CC(CN)CN2C)cc1. The molecule has 112 valence electrons. The summed E-state index contributed by atoms with van der Waals surface area (Å²) in [4.78, 5) is 16.9. The van der Waals surface area contributed by atoms with Crippen LogP contribution in [0.1, 0.15) is 23.7 Å². The molecule has 1 aliphatic rings. The van der Waals surface area contributed by atoms with Crippen LogP contribution in [0.5, 0.6) is 0 Å². The first-order valence-corrected chi connectivity index (χ1v) is 7.38. The summed E-state index contributed by atoms with van der Waals surface area (Å²) >= 11 is 0. The summed E-state index contributed by atoms with van der Waals surface area (Å²) in [6.07, 6.45) is 2.84. The summed E-state index contributed by atoms with van der Waals surface area (Å²) in [5, 5.41) is 0. The molecule has 3 rings (SSSR count). The predicted molar refractivity (Wildman–Crippen MR) is 83.7 cm³/mol. The molecule has 5 nitrogen and oxygen atoms in total. The van der Waals surface area contributed by atoms with E-state index >= 15 is 0 Å². The number of nitrogens with two attached hydrogens (primary N) is 1. The van der Waals surface area contributed by atoms with Crippen LogP contribution in [0.2, 0.25) is 0 Å². The smallest absolute Gasteiger partial charge is 0.330 e. The van der Waals surface area contributed by atoms with Crippen LogP contribution in [-0.2, 0) is 0 Å². The van der Waals surface area contributed by atoms with Gasteiger partial charge in [-0.3, -0.25) is 9.47 Å². The number of likely N-dealkylation sites (tertiary alicyclic amines) is 1. The summed E-state index contributed by atoms with van der Waals surface area (Å²) in [6, 6.07) is 8.70. The molecule has 3 N–H and O–H groups in total. The van der Waals surface area contributed by atoms with Crippen molar-refractivity contribution in [2.45, 2.75) is 19.4 Å². The highest BCUT2D eigenvalue weighted by Gasteiger charge is 2.29. The number of aromatic amines is 1. The maximum absolute atomic E-state index is 11.8. The van der Waals surface area contributed by atoms with Crippen molar-refractivity contribution in [2.75, 3.05) is 20.1 Å². The third kappa shape index (κ3) is 2.54. The molecule has 2 unspecified atom stereocenters. The highest BCUT2D eigenvalue weighted by Crippen LogP contribution is 2.33. The van der Waals surface area contributed by atoms with Crippen LogP contribution in [0.15, 0.2) is 35.3 Å². The minimum atomic E-state index is -0.0959. The second kappa shape index (κ2) is 5.50. The van der Waals surface area contributed by atoms with Crippen LogP contribution in [0.3, 0.4) is 0 Å². The van der Waals surface area contributed by atoms with Gasteiger partial charge in [0.2, 0.25) is 0 Å². The number of hydrogen-bond acceptors (Lipinski definition) is 3. The number of aromatic nitrogens is 2. The molecule has 2 aromatic rings. The Balaban J connectivity index is 1.87. The highest BCUT2D eigenvalue weighted by molar-refractivity contribution is 5.37. The first kappa shape index (κ1) is 14.1. The van der Waals surface area contributed by atoms with E-state index in [9.17, 15) is 4.79 Å². The maximum Gasteiger partial charge on any atom is 0.330 e. The molecule has 1 saturated heterocycles. The Morgan fingerprint density at radius 2 is 2.05 bits per heavy atom. The molecule has 1 aromatic carbocycles. The van der Waals surface area contributed by atoms with Crippen molar-refractivity contribution >= 4 is 0 Å². The van der Waals surface area contributed by atoms with Crippen LogP contribution in [-0.4, -0.2) is 34.6 Å². The van der Waals surface area contributed by atoms with Crippen molar-refractivity contribution in [2.24, 2.45) is 11.7 Å². The van der Waals surface area contributed by atoms with Gasteiger partial charge < -0.3 is 10.7 Å². The number of imidazole rings is 1. The average molecular weight is 286 g/mol. The van der Waals surface area contributed by atoms with Gasteiger partial charge in [-0.2, -0.15) is 0 Å². The first-order chi connectivity index (χ1) is 10.1. The van der Waals surface area contributed by atoms with Crippen molar-refractivity contribution in [3.8, 4) is 5.69 Å². The number of nitrogens with one attached hydrogen (secondary N) is 1. The van der Waals surface area contributed by atoms with Crippen molar-refractivity contribution in [3.63, 3.8) is 0 Å². The van der Waals surface area contributed by atoms with E-state index in [1.165, 1.54) is 5.56 Å². The van der Waals surface area contributed by atoms with Crippen molar-refractivity contribution in [1.29, 1.82) is 0 Å². The summed E-state index contributed by atoms with van der Waals surface area (Å²) in [5.74, 6) is 0.578. The molecule has 1 fully saturated rings.